The third-order valence-electron chi connectivity index (χ3n) is 7.04. The van der Waals surface area contributed by atoms with E-state index in [4.69, 9.17) is 16.6 Å². The lowest BCUT2D eigenvalue weighted by Crippen LogP contribution is -2.34. The molecule has 198 valence electrons. The van der Waals surface area contributed by atoms with Crippen LogP contribution in [0.1, 0.15) is 67.8 Å². The van der Waals surface area contributed by atoms with Crippen molar-refractivity contribution in [1.29, 1.82) is 0 Å². The van der Waals surface area contributed by atoms with E-state index < -0.39 is 11.7 Å². The number of unbranched alkanes of at least 4 members (excludes halogenated alkanes) is 1. The first-order chi connectivity index (χ1) is 17.6. The highest BCUT2D eigenvalue weighted by Crippen LogP contribution is 2.36. The molecule has 3 aromatic rings. The van der Waals surface area contributed by atoms with Crippen LogP contribution in [-0.4, -0.2) is 34.8 Å². The Morgan fingerprint density at radius 3 is 2.54 bits per heavy atom. The van der Waals surface area contributed by atoms with Crippen LogP contribution >= 0.6 is 11.6 Å². The minimum Gasteiger partial charge on any atom is -0.428 e. The summed E-state index contributed by atoms with van der Waals surface area (Å²) in [5, 5.41) is 15.3. The van der Waals surface area contributed by atoms with Crippen LogP contribution in [0.5, 0.6) is 0 Å². The molecule has 0 saturated carbocycles. The van der Waals surface area contributed by atoms with E-state index in [0.29, 0.717) is 51.4 Å². The molecule has 2 N–H and O–H groups in total. The van der Waals surface area contributed by atoms with Gasteiger partial charge in [0.05, 0.1) is 34.3 Å². The van der Waals surface area contributed by atoms with Gasteiger partial charge in [-0.05, 0) is 74.0 Å². The van der Waals surface area contributed by atoms with Gasteiger partial charge in [0.2, 0.25) is 0 Å². The number of nitrogens with one attached hydrogen (secondary N) is 1. The van der Waals surface area contributed by atoms with Crippen molar-refractivity contribution >= 4 is 28.2 Å². The van der Waals surface area contributed by atoms with E-state index in [1.54, 1.807) is 12.1 Å². The Morgan fingerprint density at radius 1 is 1.16 bits per heavy atom. The molecule has 2 unspecified atom stereocenters. The van der Waals surface area contributed by atoms with Gasteiger partial charge in [-0.1, -0.05) is 44.0 Å². The topological polar surface area (TPSA) is 66.6 Å². The molecular formula is C28H31ClF3N3O2. The Bertz CT molecular complexity index is 1350. The number of hydrogen-bond donors (Lipinski definition) is 2. The number of rotatable bonds is 8. The van der Waals surface area contributed by atoms with Gasteiger partial charge in [0.25, 0.3) is 0 Å². The number of halogens is 4. The molecule has 1 aromatic heterocycles. The zero-order valence-electron chi connectivity index (χ0n) is 20.9. The predicted octanol–water partition coefficient (Wildman–Crippen LogP) is 6.60. The third kappa shape index (κ3) is 5.85. The molecule has 37 heavy (non-hydrogen) atoms. The van der Waals surface area contributed by atoms with Crippen LogP contribution in [0.15, 0.2) is 52.3 Å². The van der Waals surface area contributed by atoms with Gasteiger partial charge in [0.1, 0.15) is 0 Å². The first-order valence-electron chi connectivity index (χ1n) is 12.6. The van der Waals surface area contributed by atoms with Crippen LogP contribution in [-0.2, 0) is 12.6 Å². The molecule has 0 spiro atoms. The predicted molar refractivity (Wildman–Crippen MR) is 141 cm³/mol. The van der Waals surface area contributed by atoms with E-state index in [9.17, 15) is 23.2 Å². The maximum absolute atomic E-state index is 13.6. The van der Waals surface area contributed by atoms with Crippen LogP contribution in [0.2, 0.25) is 5.02 Å². The van der Waals surface area contributed by atoms with Gasteiger partial charge in [0.15, 0.2) is 5.43 Å². The Kier molecular flexibility index (Phi) is 8.29. The minimum atomic E-state index is -4.42. The number of benzene rings is 2. The van der Waals surface area contributed by atoms with Gasteiger partial charge >= 0.3 is 6.18 Å². The number of hydrogen-bond acceptors (Lipinski definition) is 4. The fourth-order valence-corrected chi connectivity index (χ4v) is 5.06. The van der Waals surface area contributed by atoms with E-state index in [1.165, 1.54) is 18.2 Å². The lowest BCUT2D eigenvalue weighted by molar-refractivity contribution is -0.137. The second-order valence-electron chi connectivity index (χ2n) is 9.55. The first kappa shape index (κ1) is 27.2. The fraction of sp³-hybridized carbons (Fsp3) is 0.429. The molecule has 9 heteroatoms. The lowest BCUT2D eigenvalue weighted by atomic mass is 9.80. The second kappa shape index (κ2) is 11.3. The Balaban J connectivity index is 1.78. The summed E-state index contributed by atoms with van der Waals surface area (Å²) >= 11 is 6.14. The van der Waals surface area contributed by atoms with Crippen molar-refractivity contribution in [2.24, 2.45) is 4.99 Å². The summed E-state index contributed by atoms with van der Waals surface area (Å²) in [4.78, 5) is 18.5. The Labute approximate surface area is 218 Å². The Morgan fingerprint density at radius 2 is 1.89 bits per heavy atom. The van der Waals surface area contributed by atoms with Gasteiger partial charge in [0, 0.05) is 16.8 Å². The molecule has 5 nitrogen and oxygen atoms in total. The zero-order chi connectivity index (χ0) is 26.7. The van der Waals surface area contributed by atoms with Crippen LogP contribution in [0, 0.1) is 0 Å². The number of aliphatic imine (C=N–C) groups is 1. The van der Waals surface area contributed by atoms with E-state index in [1.807, 2.05) is 0 Å². The standard InChI is InChI=1S/C28H31ClF3N3O2/c1-3-5-12-33-21(4-2)16-34-23-13-18(17-6-8-19(9-7-17)28(30,31)32)14-25-26(23)27(36)22-15-20(29)10-11-24(22)35(25)37/h6-11,15,18,21,33,37H,3-5,12-14,16H2,1-2H3. The summed E-state index contributed by atoms with van der Waals surface area (Å²) in [7, 11) is 0. The molecule has 1 heterocycles. The number of fused-ring (bicyclic) bond motifs is 2. The van der Waals surface area contributed by atoms with E-state index in [-0.39, 0.29) is 23.8 Å². The lowest BCUT2D eigenvalue weighted by Gasteiger charge is -2.28. The van der Waals surface area contributed by atoms with Crippen molar-refractivity contribution in [3.8, 4) is 0 Å². The smallest absolute Gasteiger partial charge is 0.416 e. The first-order valence-corrected chi connectivity index (χ1v) is 13.0. The highest BCUT2D eigenvalue weighted by Gasteiger charge is 2.33. The van der Waals surface area contributed by atoms with Crippen LogP contribution < -0.4 is 10.7 Å². The van der Waals surface area contributed by atoms with Crippen LogP contribution in [0.25, 0.3) is 10.9 Å². The number of aromatic nitrogens is 1. The molecule has 0 radical (unpaired) electrons. The molecule has 4 rings (SSSR count). The van der Waals surface area contributed by atoms with Gasteiger partial charge in [-0.25, -0.2) is 0 Å². The van der Waals surface area contributed by atoms with Crippen molar-refractivity contribution in [3.63, 3.8) is 0 Å². The molecular weight excluding hydrogens is 503 g/mol. The summed E-state index contributed by atoms with van der Waals surface area (Å²) in [5.41, 5.74) is 1.36. The molecule has 2 aromatic carbocycles. The van der Waals surface area contributed by atoms with Gasteiger partial charge in [-0.3, -0.25) is 9.79 Å². The highest BCUT2D eigenvalue weighted by molar-refractivity contribution is 6.31. The van der Waals surface area contributed by atoms with Crippen LogP contribution in [0.4, 0.5) is 13.2 Å². The number of alkyl halides is 3. The van der Waals surface area contributed by atoms with Crippen molar-refractivity contribution < 1.29 is 18.4 Å². The molecule has 2 atom stereocenters. The number of pyridine rings is 1. The monoisotopic (exact) mass is 533 g/mol. The maximum atomic E-state index is 13.6. The minimum absolute atomic E-state index is 0.125. The fourth-order valence-electron chi connectivity index (χ4n) is 4.88. The largest absolute Gasteiger partial charge is 0.428 e. The molecule has 0 bridgehead atoms. The third-order valence-corrected chi connectivity index (χ3v) is 7.27. The normalized spacial score (nSPS) is 17.8. The van der Waals surface area contributed by atoms with E-state index >= 15 is 0 Å². The average molecular weight is 534 g/mol. The molecule has 0 saturated heterocycles. The summed E-state index contributed by atoms with van der Waals surface area (Å²) in [6, 6.07) is 9.93. The van der Waals surface area contributed by atoms with Crippen molar-refractivity contribution in [2.45, 2.75) is 64.1 Å². The van der Waals surface area contributed by atoms with Crippen LogP contribution in [0.3, 0.4) is 0 Å². The van der Waals surface area contributed by atoms with Gasteiger partial charge in [-0.15, -0.1) is 0 Å². The quantitative estimate of drug-likeness (QED) is 0.253. The van der Waals surface area contributed by atoms with E-state index in [2.05, 4.69) is 19.2 Å². The summed E-state index contributed by atoms with van der Waals surface area (Å²) in [6.45, 7) is 5.52. The molecule has 0 amide bonds. The molecule has 0 aliphatic heterocycles. The van der Waals surface area contributed by atoms with Gasteiger partial charge in [-0.2, -0.15) is 17.9 Å². The van der Waals surface area contributed by atoms with E-state index in [0.717, 1.165) is 42.7 Å². The number of nitrogens with zero attached hydrogens (tertiary/aromatic N) is 2. The zero-order valence-corrected chi connectivity index (χ0v) is 21.7. The maximum Gasteiger partial charge on any atom is 0.416 e. The Hall–Kier alpha value is -2.84. The molecule has 1 aliphatic rings. The van der Waals surface area contributed by atoms with Crippen molar-refractivity contribution in [3.05, 3.63) is 80.1 Å². The molecule has 0 fully saturated rings. The van der Waals surface area contributed by atoms with Crippen molar-refractivity contribution in [1.82, 2.24) is 10.0 Å². The molecule has 1 aliphatic carbocycles. The summed E-state index contributed by atoms with van der Waals surface area (Å²) in [6.07, 6.45) is -0.774. The summed E-state index contributed by atoms with van der Waals surface area (Å²) in [5.74, 6) is -0.246. The second-order valence-corrected chi connectivity index (χ2v) is 9.99. The van der Waals surface area contributed by atoms with Crippen molar-refractivity contribution in [2.75, 3.05) is 13.1 Å². The average Bonchev–Trinajstić information content (AvgIpc) is 2.88. The van der Waals surface area contributed by atoms with Gasteiger partial charge < -0.3 is 10.5 Å². The highest BCUT2D eigenvalue weighted by atomic mass is 35.5. The SMILES string of the molecule is CCCCNC(CC)CN=C1CC(c2ccc(C(F)(F)F)cc2)Cc2c1c(=O)c1cc(Cl)ccc1n2O. The summed E-state index contributed by atoms with van der Waals surface area (Å²) < 4.78 is 40.3.